The maximum absolute atomic E-state index is 12.7. The first-order chi connectivity index (χ1) is 14.3. The van der Waals surface area contributed by atoms with Crippen molar-refractivity contribution in [2.75, 3.05) is 6.54 Å². The average Bonchev–Trinajstić information content (AvgIpc) is 3.45. The molecular formula is C23H33BN2O4. The lowest BCUT2D eigenvalue weighted by Gasteiger charge is -2.31. The van der Waals surface area contributed by atoms with E-state index in [4.69, 9.17) is 10.4 Å². The molecule has 4 N–H and O–H groups in total. The number of nitrogens with two attached hydrogens (primary N) is 1. The molecule has 1 atom stereocenters. The number of benzene rings is 1. The first-order valence-electron chi connectivity index (χ1n) is 11.3. The standard InChI is InChI=1S/C23H33BN2O4/c1-15(27)21-4-2-3-17-12-18(24(29)30-22(17)21)13-20(28)11-16-5-7-19(8-6-16)26-14-23(25)9-10-23/h2-4,16,18-19,26,29H,5-14,25H2,1H3/t16?,18-,19?/m1/s1. The molecule has 2 aliphatic carbocycles. The first kappa shape index (κ1) is 21.5. The van der Waals surface area contributed by atoms with Gasteiger partial charge in [-0.3, -0.25) is 9.59 Å². The van der Waals surface area contributed by atoms with E-state index in [1.165, 1.54) is 6.92 Å². The molecule has 7 heteroatoms. The number of hydrogen-bond acceptors (Lipinski definition) is 6. The monoisotopic (exact) mass is 412 g/mol. The van der Waals surface area contributed by atoms with Crippen LogP contribution in [0.4, 0.5) is 0 Å². The van der Waals surface area contributed by atoms with Crippen molar-refractivity contribution in [1.82, 2.24) is 5.32 Å². The fourth-order valence-corrected chi connectivity index (χ4v) is 4.89. The number of fused-ring (bicyclic) bond motifs is 1. The van der Waals surface area contributed by atoms with E-state index in [2.05, 4.69) is 5.32 Å². The highest BCUT2D eigenvalue weighted by atomic mass is 16.5. The average molecular weight is 412 g/mol. The molecule has 0 bridgehead atoms. The molecule has 0 saturated heterocycles. The molecule has 4 rings (SSSR count). The molecule has 6 nitrogen and oxygen atoms in total. The van der Waals surface area contributed by atoms with Crippen molar-refractivity contribution < 1.29 is 19.3 Å². The first-order valence-corrected chi connectivity index (χ1v) is 11.3. The number of carbonyl (C=O) groups is 2. The Bertz CT molecular complexity index is 802. The minimum absolute atomic E-state index is 0.0412. The van der Waals surface area contributed by atoms with Crippen LogP contribution in [0.15, 0.2) is 18.2 Å². The van der Waals surface area contributed by atoms with E-state index < -0.39 is 7.12 Å². The molecule has 1 aliphatic heterocycles. The number of ketones is 2. The summed E-state index contributed by atoms with van der Waals surface area (Å²) in [7, 11) is -1.05. The van der Waals surface area contributed by atoms with Gasteiger partial charge in [0.15, 0.2) is 5.78 Å². The Labute approximate surface area is 179 Å². The van der Waals surface area contributed by atoms with Crippen LogP contribution in [0.5, 0.6) is 5.75 Å². The Hall–Kier alpha value is -1.70. The van der Waals surface area contributed by atoms with Crippen molar-refractivity contribution in [3.05, 3.63) is 29.3 Å². The van der Waals surface area contributed by atoms with Gasteiger partial charge in [-0.1, -0.05) is 12.1 Å². The van der Waals surface area contributed by atoms with Gasteiger partial charge in [0, 0.05) is 36.8 Å². The molecule has 162 valence electrons. The largest absolute Gasteiger partial charge is 0.535 e. The number of carbonyl (C=O) groups excluding carboxylic acids is 2. The molecule has 0 spiro atoms. The molecule has 2 saturated carbocycles. The van der Waals surface area contributed by atoms with Gasteiger partial charge in [0.1, 0.15) is 11.5 Å². The molecule has 2 fully saturated rings. The van der Waals surface area contributed by atoms with E-state index in [-0.39, 0.29) is 22.9 Å². The van der Waals surface area contributed by atoms with Gasteiger partial charge in [-0.05, 0) is 69.4 Å². The van der Waals surface area contributed by atoms with Crippen LogP contribution in [-0.4, -0.2) is 41.8 Å². The highest BCUT2D eigenvalue weighted by molar-refractivity contribution is 6.47. The summed E-state index contributed by atoms with van der Waals surface area (Å²) < 4.78 is 5.67. The van der Waals surface area contributed by atoms with E-state index in [0.717, 1.165) is 50.6 Å². The number of nitrogens with one attached hydrogen (secondary N) is 1. The summed E-state index contributed by atoms with van der Waals surface area (Å²) in [5, 5.41) is 14.0. The maximum atomic E-state index is 12.7. The van der Waals surface area contributed by atoms with E-state index >= 15 is 0 Å². The van der Waals surface area contributed by atoms with Crippen molar-refractivity contribution in [2.45, 2.75) is 82.1 Å². The maximum Gasteiger partial charge on any atom is 0.526 e. The highest BCUT2D eigenvalue weighted by Gasteiger charge is 2.39. The fraction of sp³-hybridized carbons (Fsp3) is 0.652. The van der Waals surface area contributed by atoms with Crippen LogP contribution in [0.1, 0.15) is 74.2 Å². The molecule has 0 amide bonds. The Kier molecular flexibility index (Phi) is 6.32. The van der Waals surface area contributed by atoms with Crippen LogP contribution in [0.25, 0.3) is 0 Å². The normalized spacial score (nSPS) is 27.2. The van der Waals surface area contributed by atoms with Crippen LogP contribution in [-0.2, 0) is 11.2 Å². The Morgan fingerprint density at radius 3 is 2.63 bits per heavy atom. The molecule has 1 aromatic carbocycles. The Balaban J connectivity index is 1.24. The summed E-state index contributed by atoms with van der Waals surface area (Å²) >= 11 is 0. The lowest BCUT2D eigenvalue weighted by Crippen LogP contribution is -2.42. The second kappa shape index (κ2) is 8.81. The van der Waals surface area contributed by atoms with Gasteiger partial charge in [-0.2, -0.15) is 0 Å². The van der Waals surface area contributed by atoms with Crippen LogP contribution >= 0.6 is 0 Å². The van der Waals surface area contributed by atoms with Gasteiger partial charge in [0.25, 0.3) is 0 Å². The van der Waals surface area contributed by atoms with E-state index in [9.17, 15) is 14.6 Å². The summed E-state index contributed by atoms with van der Waals surface area (Å²) in [6, 6.07) is 5.98. The molecular weight excluding hydrogens is 379 g/mol. The van der Waals surface area contributed by atoms with Gasteiger partial charge in [0.2, 0.25) is 0 Å². The lowest BCUT2D eigenvalue weighted by atomic mass is 9.64. The van der Waals surface area contributed by atoms with E-state index in [1.54, 1.807) is 6.07 Å². The van der Waals surface area contributed by atoms with Crippen LogP contribution in [0, 0.1) is 5.92 Å². The molecule has 0 aromatic heterocycles. The minimum Gasteiger partial charge on any atom is -0.535 e. The predicted octanol–water partition coefficient (Wildman–Crippen LogP) is 2.66. The molecule has 0 unspecified atom stereocenters. The smallest absolute Gasteiger partial charge is 0.526 e. The third kappa shape index (κ3) is 5.13. The molecule has 0 radical (unpaired) electrons. The number of Topliss-reactive ketones (excluding diaryl/α,β-unsaturated/α-hetero) is 2. The van der Waals surface area contributed by atoms with Crippen molar-refractivity contribution in [3.63, 3.8) is 0 Å². The highest BCUT2D eigenvalue weighted by Crippen LogP contribution is 2.37. The summed E-state index contributed by atoms with van der Waals surface area (Å²) in [5.41, 5.74) is 7.58. The second-order valence-electron chi connectivity index (χ2n) is 9.73. The van der Waals surface area contributed by atoms with Crippen LogP contribution in [0.2, 0.25) is 5.82 Å². The van der Waals surface area contributed by atoms with Gasteiger partial charge in [-0.25, -0.2) is 0 Å². The van der Waals surface area contributed by atoms with Crippen molar-refractivity contribution in [1.29, 1.82) is 0 Å². The summed E-state index contributed by atoms with van der Waals surface area (Å²) in [6.45, 7) is 2.40. The van der Waals surface area contributed by atoms with Gasteiger partial charge in [0.05, 0.1) is 5.56 Å². The lowest BCUT2D eigenvalue weighted by molar-refractivity contribution is -0.120. The van der Waals surface area contributed by atoms with E-state index in [0.29, 0.717) is 42.5 Å². The van der Waals surface area contributed by atoms with Crippen LogP contribution in [0.3, 0.4) is 0 Å². The number of para-hydroxylation sites is 1. The van der Waals surface area contributed by atoms with Gasteiger partial charge in [-0.15, -0.1) is 0 Å². The SMILES string of the molecule is CC(=O)c1cccc2c1OB(O)[C@@H](CC(=O)CC1CCC(NCC3(N)CC3)CC1)C2. The molecule has 3 aliphatic rings. The van der Waals surface area contributed by atoms with Crippen molar-refractivity contribution >= 4 is 18.7 Å². The Morgan fingerprint density at radius 1 is 1.23 bits per heavy atom. The zero-order valence-corrected chi connectivity index (χ0v) is 17.9. The second-order valence-corrected chi connectivity index (χ2v) is 9.73. The summed E-state index contributed by atoms with van der Waals surface area (Å²) in [6.07, 6.45) is 8.04. The fourth-order valence-electron chi connectivity index (χ4n) is 4.89. The van der Waals surface area contributed by atoms with Crippen molar-refractivity contribution in [3.8, 4) is 5.75 Å². The molecule has 1 aromatic rings. The van der Waals surface area contributed by atoms with Crippen LogP contribution < -0.4 is 15.7 Å². The third-order valence-electron chi connectivity index (χ3n) is 7.09. The van der Waals surface area contributed by atoms with E-state index in [1.807, 2.05) is 12.1 Å². The molecule has 30 heavy (non-hydrogen) atoms. The molecule has 1 heterocycles. The van der Waals surface area contributed by atoms with Crippen molar-refractivity contribution in [2.24, 2.45) is 11.7 Å². The summed E-state index contributed by atoms with van der Waals surface area (Å²) in [4.78, 5) is 24.5. The minimum atomic E-state index is -1.05. The Morgan fingerprint density at radius 2 is 1.97 bits per heavy atom. The van der Waals surface area contributed by atoms with Gasteiger partial charge < -0.3 is 20.7 Å². The summed E-state index contributed by atoms with van der Waals surface area (Å²) in [5.74, 6) is 0.755. The third-order valence-corrected chi connectivity index (χ3v) is 7.09. The predicted molar refractivity (Wildman–Crippen MR) is 117 cm³/mol. The topological polar surface area (TPSA) is 102 Å². The number of rotatable bonds is 8. The zero-order chi connectivity index (χ0) is 21.3. The zero-order valence-electron chi connectivity index (χ0n) is 17.9. The quantitative estimate of drug-likeness (QED) is 0.448. The van der Waals surface area contributed by atoms with Gasteiger partial charge >= 0.3 is 7.12 Å². The number of hydrogen-bond donors (Lipinski definition) is 3.